The Balaban J connectivity index is 0.00000176. The fourth-order valence-electron chi connectivity index (χ4n) is 2.18. The van der Waals surface area contributed by atoms with Gasteiger partial charge in [0.1, 0.15) is 18.5 Å². The molecule has 22 heavy (non-hydrogen) atoms. The number of hydrogen-bond acceptors (Lipinski definition) is 7. The van der Waals surface area contributed by atoms with Crippen molar-refractivity contribution in [2.45, 2.75) is 17.4 Å². The normalized spacial score (nSPS) is 16.9. The number of benzene rings is 1. The lowest BCUT2D eigenvalue weighted by Crippen LogP contribution is -2.31. The number of rotatable bonds is 3. The second-order valence-corrected chi connectivity index (χ2v) is 6.76. The number of phenols is 1. The average Bonchev–Trinajstić information content (AvgIpc) is 2.84. The second kappa shape index (κ2) is 6.13. The predicted molar refractivity (Wildman–Crippen MR) is 80.9 cm³/mol. The van der Waals surface area contributed by atoms with Crippen LogP contribution in [0.3, 0.4) is 0 Å². The van der Waals surface area contributed by atoms with Crippen molar-refractivity contribution in [3.8, 4) is 17.2 Å². The van der Waals surface area contributed by atoms with Crippen molar-refractivity contribution in [3.05, 3.63) is 34.5 Å². The smallest absolute Gasteiger partial charge is 0.294 e. The Labute approximate surface area is 131 Å². The van der Waals surface area contributed by atoms with Crippen LogP contribution >= 0.6 is 11.3 Å². The monoisotopic (exact) mass is 345 g/mol. The summed E-state index contributed by atoms with van der Waals surface area (Å²) in [6.07, 6.45) is -0.201. The summed E-state index contributed by atoms with van der Waals surface area (Å²) in [4.78, 5) is -0.236. The van der Waals surface area contributed by atoms with Gasteiger partial charge in [-0.15, -0.1) is 11.3 Å². The third-order valence-electron chi connectivity index (χ3n) is 3.08. The highest BCUT2D eigenvalue weighted by Crippen LogP contribution is 2.36. The van der Waals surface area contributed by atoms with Crippen molar-refractivity contribution >= 4 is 21.5 Å². The maximum absolute atomic E-state index is 11.4. The van der Waals surface area contributed by atoms with Gasteiger partial charge < -0.3 is 20.7 Å². The SMILES string of the molecule is N.O=S(=O)(O)c1ccc(O)cc1CC1COc2cscc2O1. The summed E-state index contributed by atoms with van der Waals surface area (Å²) in [6, 6.07) is 3.68. The van der Waals surface area contributed by atoms with Gasteiger partial charge in [-0.2, -0.15) is 8.42 Å². The summed E-state index contributed by atoms with van der Waals surface area (Å²) < 4.78 is 43.2. The number of phenolic OH excluding ortho intramolecular Hbond substituents is 1. The van der Waals surface area contributed by atoms with Crippen LogP contribution in [-0.2, 0) is 16.5 Å². The molecule has 0 fully saturated rings. The van der Waals surface area contributed by atoms with Crippen molar-refractivity contribution in [2.75, 3.05) is 6.61 Å². The van der Waals surface area contributed by atoms with Crippen molar-refractivity contribution in [1.82, 2.24) is 6.15 Å². The Morgan fingerprint density at radius 2 is 2.00 bits per heavy atom. The van der Waals surface area contributed by atoms with Crippen molar-refractivity contribution < 1.29 is 27.6 Å². The van der Waals surface area contributed by atoms with E-state index in [1.165, 1.54) is 29.5 Å². The fraction of sp³-hybridized carbons (Fsp3) is 0.231. The minimum atomic E-state index is -4.36. The lowest BCUT2D eigenvalue weighted by Gasteiger charge is -2.25. The van der Waals surface area contributed by atoms with E-state index in [0.717, 1.165) is 0 Å². The molecule has 0 amide bonds. The Bertz CT molecular complexity index is 771. The highest BCUT2D eigenvalue weighted by atomic mass is 32.2. The lowest BCUT2D eigenvalue weighted by molar-refractivity contribution is 0.0922. The summed E-state index contributed by atoms with van der Waals surface area (Å²) in [5.41, 5.74) is 0.282. The molecule has 1 aliphatic heterocycles. The summed E-state index contributed by atoms with van der Waals surface area (Å²) >= 11 is 1.45. The van der Waals surface area contributed by atoms with Gasteiger partial charge in [0.25, 0.3) is 10.1 Å². The first kappa shape index (κ1) is 16.6. The van der Waals surface area contributed by atoms with Crippen LogP contribution in [0.25, 0.3) is 0 Å². The van der Waals surface area contributed by atoms with Crippen LogP contribution in [0.4, 0.5) is 0 Å². The van der Waals surface area contributed by atoms with Gasteiger partial charge in [-0.25, -0.2) is 0 Å². The molecule has 0 spiro atoms. The molecule has 2 aromatic rings. The van der Waals surface area contributed by atoms with Crippen LogP contribution < -0.4 is 15.6 Å². The Kier molecular flexibility index (Phi) is 4.61. The highest BCUT2D eigenvalue weighted by molar-refractivity contribution is 7.85. The van der Waals surface area contributed by atoms with Gasteiger partial charge in [-0.3, -0.25) is 4.55 Å². The first-order valence-electron chi connectivity index (χ1n) is 6.08. The van der Waals surface area contributed by atoms with E-state index in [0.29, 0.717) is 11.5 Å². The molecule has 0 saturated heterocycles. The topological polar surface area (TPSA) is 128 Å². The zero-order valence-electron chi connectivity index (χ0n) is 11.4. The van der Waals surface area contributed by atoms with Gasteiger partial charge >= 0.3 is 0 Å². The average molecular weight is 345 g/mol. The number of ether oxygens (including phenoxy) is 2. The third-order valence-corrected chi connectivity index (χ3v) is 4.74. The maximum atomic E-state index is 11.4. The zero-order chi connectivity index (χ0) is 15.0. The molecule has 3 rings (SSSR count). The van der Waals surface area contributed by atoms with Crippen LogP contribution in [0.2, 0.25) is 0 Å². The molecule has 5 N–H and O–H groups in total. The zero-order valence-corrected chi connectivity index (χ0v) is 13.1. The standard InChI is InChI=1S/C13H12O6S2.H3N/c14-9-1-2-13(21(15,16)17)8(3-9)4-10-5-18-11-6-20-7-12(11)19-10;/h1-3,6-7,10,14H,4-5H2,(H,15,16,17);1H3. The second-order valence-electron chi connectivity index (χ2n) is 4.62. The molecule has 1 aliphatic rings. The van der Waals surface area contributed by atoms with Gasteiger partial charge in [-0.05, 0) is 23.8 Å². The van der Waals surface area contributed by atoms with Gasteiger partial charge in [-0.1, -0.05) is 0 Å². The molecule has 0 radical (unpaired) electrons. The third kappa shape index (κ3) is 3.33. The van der Waals surface area contributed by atoms with E-state index in [4.69, 9.17) is 9.47 Å². The van der Waals surface area contributed by atoms with Crippen LogP contribution in [-0.4, -0.2) is 30.8 Å². The van der Waals surface area contributed by atoms with Crippen LogP contribution in [0.5, 0.6) is 17.2 Å². The van der Waals surface area contributed by atoms with Crippen molar-refractivity contribution in [1.29, 1.82) is 0 Å². The molecular weight excluding hydrogens is 330 g/mol. The number of thiophene rings is 1. The first-order chi connectivity index (χ1) is 9.93. The van der Waals surface area contributed by atoms with E-state index in [9.17, 15) is 18.1 Å². The van der Waals surface area contributed by atoms with Gasteiger partial charge in [0.05, 0.1) is 4.90 Å². The van der Waals surface area contributed by atoms with Gasteiger partial charge in [0.15, 0.2) is 11.5 Å². The predicted octanol–water partition coefficient (Wildman–Crippen LogP) is 2.24. The van der Waals surface area contributed by atoms with Crippen LogP contribution in [0.15, 0.2) is 33.9 Å². The Morgan fingerprint density at radius 1 is 1.27 bits per heavy atom. The van der Waals surface area contributed by atoms with E-state index in [1.54, 1.807) is 5.38 Å². The van der Waals surface area contributed by atoms with E-state index in [2.05, 4.69) is 0 Å². The first-order valence-corrected chi connectivity index (χ1v) is 8.47. The summed E-state index contributed by atoms with van der Waals surface area (Å²) in [7, 11) is -4.36. The Hall–Kier alpha value is -1.81. The summed E-state index contributed by atoms with van der Waals surface area (Å²) in [5, 5.41) is 13.1. The van der Waals surface area contributed by atoms with Crippen molar-refractivity contribution in [2.24, 2.45) is 0 Å². The molecule has 2 heterocycles. The van der Waals surface area contributed by atoms with Gasteiger partial charge in [0.2, 0.25) is 0 Å². The molecule has 1 aromatic heterocycles. The van der Waals surface area contributed by atoms with E-state index < -0.39 is 16.2 Å². The molecule has 0 bridgehead atoms. The van der Waals surface area contributed by atoms with Crippen LogP contribution in [0, 0.1) is 0 Å². The molecule has 1 unspecified atom stereocenters. The molecule has 0 saturated carbocycles. The molecule has 1 aromatic carbocycles. The van der Waals surface area contributed by atoms with E-state index in [1.807, 2.05) is 5.38 Å². The molecule has 0 aliphatic carbocycles. The van der Waals surface area contributed by atoms with Gasteiger partial charge in [0, 0.05) is 17.2 Å². The Morgan fingerprint density at radius 3 is 2.73 bits per heavy atom. The fourth-order valence-corrected chi connectivity index (χ4v) is 3.57. The molecular formula is C13H15NO6S2. The summed E-state index contributed by atoms with van der Waals surface area (Å²) in [6.45, 7) is 0.268. The maximum Gasteiger partial charge on any atom is 0.294 e. The largest absolute Gasteiger partial charge is 0.508 e. The molecule has 9 heteroatoms. The quantitative estimate of drug-likeness (QED) is 0.728. The van der Waals surface area contributed by atoms with Crippen LogP contribution in [0.1, 0.15) is 5.56 Å². The number of aromatic hydroxyl groups is 1. The minimum Gasteiger partial charge on any atom is -0.508 e. The molecule has 1 atom stereocenters. The highest BCUT2D eigenvalue weighted by Gasteiger charge is 2.25. The lowest BCUT2D eigenvalue weighted by atomic mass is 10.1. The number of fused-ring (bicyclic) bond motifs is 1. The minimum absolute atomic E-state index is 0. The van der Waals surface area contributed by atoms with E-state index in [-0.39, 0.29) is 35.4 Å². The number of hydrogen-bond donors (Lipinski definition) is 3. The van der Waals surface area contributed by atoms with E-state index >= 15 is 0 Å². The molecule has 7 nitrogen and oxygen atoms in total. The molecule has 120 valence electrons. The summed E-state index contributed by atoms with van der Waals surface area (Å²) in [5.74, 6) is 1.21. The van der Waals surface area contributed by atoms with Crippen molar-refractivity contribution in [3.63, 3.8) is 0 Å².